The molecule has 0 aromatic heterocycles. The van der Waals surface area contributed by atoms with Crippen molar-refractivity contribution < 1.29 is 0 Å². The van der Waals surface area contributed by atoms with Gasteiger partial charge in [-0.15, -0.1) is 12.4 Å². The zero-order valence-corrected chi connectivity index (χ0v) is 9.26. The van der Waals surface area contributed by atoms with Crippen LogP contribution in [0.1, 0.15) is 11.6 Å². The van der Waals surface area contributed by atoms with E-state index in [-0.39, 0.29) is 12.4 Å². The van der Waals surface area contributed by atoms with E-state index in [0.717, 1.165) is 19.6 Å². The van der Waals surface area contributed by atoms with Gasteiger partial charge < -0.3 is 5.32 Å². The van der Waals surface area contributed by atoms with Gasteiger partial charge in [0.05, 0.1) is 0 Å². The highest BCUT2D eigenvalue weighted by Crippen LogP contribution is 2.19. The highest BCUT2D eigenvalue weighted by Gasteiger charge is 2.19. The molecule has 1 atom stereocenters. The van der Waals surface area contributed by atoms with Crippen molar-refractivity contribution >= 4 is 12.4 Å². The van der Waals surface area contributed by atoms with Gasteiger partial charge in [-0.25, -0.2) is 0 Å². The summed E-state index contributed by atoms with van der Waals surface area (Å²) in [5.74, 6) is 0. The molecule has 1 saturated heterocycles. The molecule has 2 nitrogen and oxygen atoms in total. The molecule has 14 heavy (non-hydrogen) atoms. The second kappa shape index (κ2) is 5.35. The molecule has 0 aliphatic carbocycles. The second-order valence-corrected chi connectivity index (χ2v) is 3.61. The summed E-state index contributed by atoms with van der Waals surface area (Å²) in [5, 5.41) is 3.42. The lowest BCUT2D eigenvalue weighted by Gasteiger charge is -2.33. The maximum absolute atomic E-state index is 3.42. The van der Waals surface area contributed by atoms with Gasteiger partial charge in [0.15, 0.2) is 0 Å². The molecule has 1 aliphatic rings. The van der Waals surface area contributed by atoms with E-state index in [1.807, 2.05) is 0 Å². The summed E-state index contributed by atoms with van der Waals surface area (Å²) >= 11 is 0. The normalized spacial score (nSPS) is 22.8. The van der Waals surface area contributed by atoms with Crippen molar-refractivity contribution in [2.24, 2.45) is 0 Å². The minimum atomic E-state index is 0. The smallest absolute Gasteiger partial charge is 0.0470 e. The first-order valence-electron chi connectivity index (χ1n) is 4.84. The van der Waals surface area contributed by atoms with E-state index in [2.05, 4.69) is 47.6 Å². The molecular formula is C11H17ClN2. The first kappa shape index (κ1) is 11.5. The first-order valence-corrected chi connectivity index (χ1v) is 4.84. The molecule has 0 spiro atoms. The summed E-state index contributed by atoms with van der Waals surface area (Å²) in [6, 6.07) is 11.2. The van der Waals surface area contributed by atoms with Crippen molar-refractivity contribution in [1.82, 2.24) is 10.2 Å². The number of benzene rings is 1. The highest BCUT2D eigenvalue weighted by molar-refractivity contribution is 5.85. The topological polar surface area (TPSA) is 15.3 Å². The van der Waals surface area contributed by atoms with Gasteiger partial charge in [0, 0.05) is 25.7 Å². The van der Waals surface area contributed by atoms with Gasteiger partial charge in [0.1, 0.15) is 0 Å². The third-order valence-corrected chi connectivity index (χ3v) is 2.70. The zero-order chi connectivity index (χ0) is 9.10. The maximum atomic E-state index is 3.42. The van der Waals surface area contributed by atoms with Crippen LogP contribution >= 0.6 is 12.4 Å². The monoisotopic (exact) mass is 212 g/mol. The van der Waals surface area contributed by atoms with E-state index >= 15 is 0 Å². The average Bonchev–Trinajstić information content (AvgIpc) is 2.20. The lowest BCUT2D eigenvalue weighted by atomic mass is 10.0. The number of halogens is 1. The largest absolute Gasteiger partial charge is 0.314 e. The number of hydrogen-bond donors (Lipinski definition) is 1. The number of nitrogens with zero attached hydrogens (tertiary/aromatic N) is 1. The average molecular weight is 213 g/mol. The summed E-state index contributed by atoms with van der Waals surface area (Å²) in [6.45, 7) is 3.32. The quantitative estimate of drug-likeness (QED) is 0.762. The fourth-order valence-corrected chi connectivity index (χ4v) is 1.85. The van der Waals surface area contributed by atoms with Crippen LogP contribution in [0.4, 0.5) is 0 Å². The van der Waals surface area contributed by atoms with Crippen LogP contribution in [0.2, 0.25) is 0 Å². The molecular weight excluding hydrogens is 196 g/mol. The molecule has 0 amide bonds. The molecule has 78 valence electrons. The summed E-state index contributed by atoms with van der Waals surface area (Å²) in [7, 11) is 2.19. The molecule has 3 heteroatoms. The lowest BCUT2D eigenvalue weighted by Crippen LogP contribution is -2.43. The molecule has 0 radical (unpaired) electrons. The maximum Gasteiger partial charge on any atom is 0.0470 e. The Bertz CT molecular complexity index is 263. The van der Waals surface area contributed by atoms with Gasteiger partial charge in [-0.3, -0.25) is 4.90 Å². The third kappa shape index (κ3) is 2.47. The van der Waals surface area contributed by atoms with Gasteiger partial charge in [0.25, 0.3) is 0 Å². The van der Waals surface area contributed by atoms with Crippen molar-refractivity contribution in [2.75, 3.05) is 26.7 Å². The number of rotatable bonds is 1. The van der Waals surface area contributed by atoms with Gasteiger partial charge in [-0.2, -0.15) is 0 Å². The Morgan fingerprint density at radius 2 is 2.00 bits per heavy atom. The summed E-state index contributed by atoms with van der Waals surface area (Å²) in [4.78, 5) is 2.41. The summed E-state index contributed by atoms with van der Waals surface area (Å²) in [5.41, 5.74) is 1.41. The molecule has 1 aromatic carbocycles. The van der Waals surface area contributed by atoms with Crippen LogP contribution in [0.15, 0.2) is 30.3 Å². The Balaban J connectivity index is 0.000000980. The SMILES string of the molecule is CN1CCNCC1c1ccccc1.Cl. The van der Waals surface area contributed by atoms with Crippen molar-refractivity contribution in [3.63, 3.8) is 0 Å². The Kier molecular flexibility index (Phi) is 4.39. The zero-order valence-electron chi connectivity index (χ0n) is 8.44. The summed E-state index contributed by atoms with van der Waals surface area (Å²) < 4.78 is 0. The molecule has 2 rings (SSSR count). The minimum absolute atomic E-state index is 0. The standard InChI is InChI=1S/C11H16N2.ClH/c1-13-8-7-12-9-11(13)10-5-3-2-4-6-10;/h2-6,11-12H,7-9H2,1H3;1H. The molecule has 1 N–H and O–H groups in total. The number of hydrogen-bond acceptors (Lipinski definition) is 2. The van der Waals surface area contributed by atoms with Crippen LogP contribution in [0.25, 0.3) is 0 Å². The molecule has 1 fully saturated rings. The lowest BCUT2D eigenvalue weighted by molar-refractivity contribution is 0.202. The fraction of sp³-hybridized carbons (Fsp3) is 0.455. The Morgan fingerprint density at radius 1 is 1.29 bits per heavy atom. The Morgan fingerprint density at radius 3 is 2.64 bits per heavy atom. The molecule has 0 bridgehead atoms. The molecule has 1 unspecified atom stereocenters. The Labute approximate surface area is 91.7 Å². The number of piperazine rings is 1. The molecule has 1 heterocycles. The van der Waals surface area contributed by atoms with Crippen LogP contribution in [0.5, 0.6) is 0 Å². The van der Waals surface area contributed by atoms with Gasteiger partial charge in [0.2, 0.25) is 0 Å². The van der Waals surface area contributed by atoms with E-state index in [1.54, 1.807) is 0 Å². The fourth-order valence-electron chi connectivity index (χ4n) is 1.85. The summed E-state index contributed by atoms with van der Waals surface area (Å²) in [6.07, 6.45) is 0. The van der Waals surface area contributed by atoms with E-state index in [0.29, 0.717) is 6.04 Å². The van der Waals surface area contributed by atoms with Crippen molar-refractivity contribution in [1.29, 1.82) is 0 Å². The Hall–Kier alpha value is -0.570. The molecule has 0 saturated carbocycles. The van der Waals surface area contributed by atoms with E-state index < -0.39 is 0 Å². The van der Waals surface area contributed by atoms with Crippen molar-refractivity contribution in [3.05, 3.63) is 35.9 Å². The van der Waals surface area contributed by atoms with Crippen LogP contribution in [0, 0.1) is 0 Å². The van der Waals surface area contributed by atoms with E-state index in [1.165, 1.54) is 5.56 Å². The van der Waals surface area contributed by atoms with Crippen LogP contribution in [0.3, 0.4) is 0 Å². The number of nitrogens with one attached hydrogen (secondary N) is 1. The van der Waals surface area contributed by atoms with Crippen LogP contribution in [-0.4, -0.2) is 31.6 Å². The second-order valence-electron chi connectivity index (χ2n) is 3.61. The van der Waals surface area contributed by atoms with Crippen LogP contribution in [-0.2, 0) is 0 Å². The van der Waals surface area contributed by atoms with E-state index in [4.69, 9.17) is 0 Å². The first-order chi connectivity index (χ1) is 6.38. The highest BCUT2D eigenvalue weighted by atomic mass is 35.5. The van der Waals surface area contributed by atoms with E-state index in [9.17, 15) is 0 Å². The van der Waals surface area contributed by atoms with Gasteiger partial charge in [-0.1, -0.05) is 30.3 Å². The van der Waals surface area contributed by atoms with Crippen molar-refractivity contribution in [2.45, 2.75) is 6.04 Å². The number of likely N-dealkylation sites (N-methyl/N-ethyl adjacent to an activating group) is 1. The predicted octanol–water partition coefficient (Wildman–Crippen LogP) is 1.68. The van der Waals surface area contributed by atoms with Gasteiger partial charge in [-0.05, 0) is 12.6 Å². The minimum Gasteiger partial charge on any atom is -0.314 e. The third-order valence-electron chi connectivity index (χ3n) is 2.70. The molecule has 1 aromatic rings. The predicted molar refractivity (Wildman–Crippen MR) is 61.9 cm³/mol. The molecule has 1 aliphatic heterocycles. The van der Waals surface area contributed by atoms with Crippen molar-refractivity contribution in [3.8, 4) is 0 Å². The van der Waals surface area contributed by atoms with Gasteiger partial charge >= 0.3 is 0 Å². The van der Waals surface area contributed by atoms with Crippen LogP contribution < -0.4 is 5.32 Å².